The standard InChI is InChI=1S/C12H10ClNO5/c1-2-19-11(16)7-6-10(15)12-8(13)4-3-5-9(12)14(17)18/h3-5,10,15H,2H2,1H3. The molecule has 7 heteroatoms. The molecule has 0 spiro atoms. The highest BCUT2D eigenvalue weighted by Gasteiger charge is 2.22. The van der Waals surface area contributed by atoms with E-state index in [9.17, 15) is 20.0 Å². The Morgan fingerprint density at radius 2 is 2.32 bits per heavy atom. The molecule has 1 N–H and O–H groups in total. The Hall–Kier alpha value is -2.10. The number of halogens is 1. The van der Waals surface area contributed by atoms with Gasteiger partial charge in [0.05, 0.1) is 22.1 Å². The Morgan fingerprint density at radius 3 is 2.89 bits per heavy atom. The molecular formula is C12H10ClNO5. The maximum absolute atomic E-state index is 11.0. The first kappa shape index (κ1) is 15.0. The topological polar surface area (TPSA) is 89.7 Å². The number of carbonyl (C=O) groups excluding carboxylic acids is 1. The SMILES string of the molecule is CCOC(=O)C#CC(O)c1c(Cl)cccc1[N+](=O)[O-]. The molecule has 0 aliphatic carbocycles. The van der Waals surface area contributed by atoms with Gasteiger partial charge in [-0.3, -0.25) is 10.1 Å². The number of benzene rings is 1. The molecule has 19 heavy (non-hydrogen) atoms. The molecule has 0 heterocycles. The smallest absolute Gasteiger partial charge is 0.384 e. The van der Waals surface area contributed by atoms with Crippen molar-refractivity contribution in [3.8, 4) is 11.8 Å². The number of esters is 1. The van der Waals surface area contributed by atoms with Crippen molar-refractivity contribution in [3.05, 3.63) is 38.9 Å². The molecule has 1 rings (SSSR count). The molecule has 0 aliphatic heterocycles. The first-order valence-corrected chi connectivity index (χ1v) is 5.64. The highest BCUT2D eigenvalue weighted by molar-refractivity contribution is 6.31. The minimum atomic E-state index is -1.54. The van der Waals surface area contributed by atoms with Crippen LogP contribution in [-0.4, -0.2) is 22.6 Å². The van der Waals surface area contributed by atoms with Gasteiger partial charge < -0.3 is 9.84 Å². The van der Waals surface area contributed by atoms with Crippen LogP contribution in [0.15, 0.2) is 18.2 Å². The van der Waals surface area contributed by atoms with Crippen molar-refractivity contribution in [2.75, 3.05) is 6.61 Å². The van der Waals surface area contributed by atoms with Crippen LogP contribution in [0.5, 0.6) is 0 Å². The van der Waals surface area contributed by atoms with Gasteiger partial charge in [-0.2, -0.15) is 0 Å². The molecule has 0 radical (unpaired) electrons. The van der Waals surface area contributed by atoms with Gasteiger partial charge in [0, 0.05) is 12.0 Å². The predicted molar refractivity (Wildman–Crippen MR) is 67.5 cm³/mol. The fourth-order valence-corrected chi connectivity index (χ4v) is 1.60. The van der Waals surface area contributed by atoms with E-state index in [4.69, 9.17) is 11.6 Å². The molecule has 1 unspecified atom stereocenters. The van der Waals surface area contributed by atoms with Gasteiger partial charge in [-0.1, -0.05) is 23.6 Å². The molecule has 0 fully saturated rings. The second-order valence-corrected chi connectivity index (χ2v) is 3.73. The molecule has 0 saturated carbocycles. The number of aliphatic hydroxyl groups excluding tert-OH is 1. The Balaban J connectivity index is 3.09. The van der Waals surface area contributed by atoms with Gasteiger partial charge in [0.15, 0.2) is 0 Å². The second-order valence-electron chi connectivity index (χ2n) is 3.32. The summed E-state index contributed by atoms with van der Waals surface area (Å²) in [5.74, 6) is 3.37. The maximum Gasteiger partial charge on any atom is 0.384 e. The van der Waals surface area contributed by atoms with Crippen LogP contribution < -0.4 is 0 Å². The summed E-state index contributed by atoms with van der Waals surface area (Å²) >= 11 is 5.80. The molecule has 0 amide bonds. The van der Waals surface area contributed by atoms with Crippen LogP contribution in [0, 0.1) is 22.0 Å². The number of carbonyl (C=O) groups is 1. The number of hydrogen-bond donors (Lipinski definition) is 1. The van der Waals surface area contributed by atoms with Crippen molar-refractivity contribution in [2.45, 2.75) is 13.0 Å². The van der Waals surface area contributed by atoms with E-state index < -0.39 is 17.0 Å². The summed E-state index contributed by atoms with van der Waals surface area (Å²) in [6, 6.07) is 3.96. The molecule has 0 aromatic heterocycles. The quantitative estimate of drug-likeness (QED) is 0.301. The summed E-state index contributed by atoms with van der Waals surface area (Å²) in [5.41, 5.74) is -0.510. The minimum absolute atomic E-state index is 0.000131. The van der Waals surface area contributed by atoms with Gasteiger partial charge in [-0.15, -0.1) is 0 Å². The summed E-state index contributed by atoms with van der Waals surface area (Å²) in [7, 11) is 0. The number of ether oxygens (including phenoxy) is 1. The van der Waals surface area contributed by atoms with Crippen molar-refractivity contribution in [1.29, 1.82) is 0 Å². The molecule has 6 nitrogen and oxygen atoms in total. The van der Waals surface area contributed by atoms with Gasteiger partial charge in [0.1, 0.15) is 6.10 Å². The van der Waals surface area contributed by atoms with Gasteiger partial charge in [-0.25, -0.2) is 4.79 Å². The van der Waals surface area contributed by atoms with E-state index in [-0.39, 0.29) is 22.9 Å². The van der Waals surface area contributed by atoms with E-state index in [0.717, 1.165) is 0 Å². The van der Waals surface area contributed by atoms with Crippen LogP contribution in [-0.2, 0) is 9.53 Å². The number of aliphatic hydroxyl groups is 1. The first-order valence-electron chi connectivity index (χ1n) is 5.26. The number of nitrogens with zero attached hydrogens (tertiary/aromatic N) is 1. The van der Waals surface area contributed by atoms with E-state index in [1.807, 2.05) is 5.92 Å². The zero-order valence-corrected chi connectivity index (χ0v) is 10.7. The summed E-state index contributed by atoms with van der Waals surface area (Å²) in [6.07, 6.45) is -1.54. The highest BCUT2D eigenvalue weighted by Crippen LogP contribution is 2.31. The fraction of sp³-hybridized carbons (Fsp3) is 0.250. The van der Waals surface area contributed by atoms with Crippen LogP contribution in [0.2, 0.25) is 5.02 Å². The second kappa shape index (κ2) is 6.73. The third-order valence-corrected chi connectivity index (χ3v) is 2.42. The van der Waals surface area contributed by atoms with Crippen molar-refractivity contribution >= 4 is 23.3 Å². The van der Waals surface area contributed by atoms with Crippen LogP contribution >= 0.6 is 11.6 Å². The van der Waals surface area contributed by atoms with E-state index >= 15 is 0 Å². The number of rotatable bonds is 3. The van der Waals surface area contributed by atoms with Crippen molar-refractivity contribution in [3.63, 3.8) is 0 Å². The highest BCUT2D eigenvalue weighted by atomic mass is 35.5. The average Bonchev–Trinajstić information content (AvgIpc) is 2.36. The monoisotopic (exact) mass is 283 g/mol. The van der Waals surface area contributed by atoms with Crippen molar-refractivity contribution in [1.82, 2.24) is 0 Å². The van der Waals surface area contributed by atoms with Gasteiger partial charge in [-0.05, 0) is 13.0 Å². The van der Waals surface area contributed by atoms with E-state index in [1.165, 1.54) is 18.2 Å². The Kier molecular flexibility index (Phi) is 5.30. The maximum atomic E-state index is 11.0. The summed E-state index contributed by atoms with van der Waals surface area (Å²) < 4.78 is 4.55. The molecular weight excluding hydrogens is 274 g/mol. The van der Waals surface area contributed by atoms with Crippen LogP contribution in [0.25, 0.3) is 0 Å². The number of nitro benzene ring substituents is 1. The molecule has 0 bridgehead atoms. The van der Waals surface area contributed by atoms with Gasteiger partial charge >= 0.3 is 5.97 Å². The predicted octanol–water partition coefficient (Wildman–Crippen LogP) is 1.85. The van der Waals surface area contributed by atoms with Crippen LogP contribution in [0.3, 0.4) is 0 Å². The lowest BCUT2D eigenvalue weighted by Crippen LogP contribution is -2.04. The fourth-order valence-electron chi connectivity index (χ4n) is 1.32. The Labute approximate surface area is 114 Å². The zero-order chi connectivity index (χ0) is 14.4. The summed E-state index contributed by atoms with van der Waals surface area (Å²) in [4.78, 5) is 21.1. The van der Waals surface area contributed by atoms with Gasteiger partial charge in [0.2, 0.25) is 0 Å². The van der Waals surface area contributed by atoms with Crippen LogP contribution in [0.4, 0.5) is 5.69 Å². The summed E-state index contributed by atoms with van der Waals surface area (Å²) in [6.45, 7) is 1.75. The minimum Gasteiger partial charge on any atom is -0.456 e. The van der Waals surface area contributed by atoms with E-state index in [0.29, 0.717) is 0 Å². The van der Waals surface area contributed by atoms with E-state index in [2.05, 4.69) is 10.7 Å². The lowest BCUT2D eigenvalue weighted by Gasteiger charge is -2.06. The molecule has 1 aromatic rings. The molecule has 0 saturated heterocycles. The van der Waals surface area contributed by atoms with Crippen molar-refractivity contribution < 1.29 is 19.6 Å². The van der Waals surface area contributed by atoms with E-state index in [1.54, 1.807) is 6.92 Å². The molecule has 100 valence electrons. The lowest BCUT2D eigenvalue weighted by atomic mass is 10.1. The Morgan fingerprint density at radius 1 is 1.63 bits per heavy atom. The lowest BCUT2D eigenvalue weighted by molar-refractivity contribution is -0.386. The number of hydrogen-bond acceptors (Lipinski definition) is 5. The van der Waals surface area contributed by atoms with Crippen molar-refractivity contribution in [2.24, 2.45) is 0 Å². The molecule has 1 atom stereocenters. The van der Waals surface area contributed by atoms with Crippen LogP contribution in [0.1, 0.15) is 18.6 Å². The third kappa shape index (κ3) is 3.95. The normalized spacial score (nSPS) is 11.1. The Bertz CT molecular complexity index is 561. The first-order chi connectivity index (χ1) is 8.97. The van der Waals surface area contributed by atoms with Gasteiger partial charge in [0.25, 0.3) is 5.69 Å². The molecule has 1 aromatic carbocycles. The molecule has 0 aliphatic rings. The number of nitro groups is 1. The average molecular weight is 284 g/mol. The summed E-state index contributed by atoms with van der Waals surface area (Å²) in [5, 5.41) is 20.6. The third-order valence-electron chi connectivity index (χ3n) is 2.09. The zero-order valence-electron chi connectivity index (χ0n) is 9.92. The largest absolute Gasteiger partial charge is 0.456 e.